The molecule has 0 radical (unpaired) electrons. The average Bonchev–Trinajstić information content (AvgIpc) is 3.11. The van der Waals surface area contributed by atoms with Crippen molar-refractivity contribution in [3.63, 3.8) is 0 Å². The normalized spacial score (nSPS) is 23.2. The summed E-state index contributed by atoms with van der Waals surface area (Å²) in [5.41, 5.74) is 0. The molecule has 1 aromatic heterocycles. The number of amides is 1. The summed E-state index contributed by atoms with van der Waals surface area (Å²) in [4.78, 5) is 22.9. The molecule has 0 bridgehead atoms. The van der Waals surface area contributed by atoms with Gasteiger partial charge in [-0.05, 0) is 39.9 Å². The third-order valence-electron chi connectivity index (χ3n) is 3.70. The van der Waals surface area contributed by atoms with Crippen molar-refractivity contribution in [2.24, 2.45) is 11.8 Å². The van der Waals surface area contributed by atoms with Crippen molar-refractivity contribution < 1.29 is 32.3 Å². The van der Waals surface area contributed by atoms with Crippen molar-refractivity contribution in [3.8, 4) is 0 Å². The number of nitrogens with zero attached hydrogens (tertiary/aromatic N) is 1. The van der Waals surface area contributed by atoms with Gasteiger partial charge < -0.3 is 19.7 Å². The van der Waals surface area contributed by atoms with E-state index >= 15 is 0 Å². The van der Waals surface area contributed by atoms with E-state index in [0.717, 1.165) is 26.2 Å². The minimum Gasteiger partial charge on any atom is -0.475 e. The fourth-order valence-electron chi connectivity index (χ4n) is 2.61. The summed E-state index contributed by atoms with van der Waals surface area (Å²) < 4.78 is 37.6. The molecule has 2 atom stereocenters. The maximum atomic E-state index is 12.1. The first kappa shape index (κ1) is 17.8. The Morgan fingerprint density at radius 1 is 1.26 bits per heavy atom. The van der Waals surface area contributed by atoms with Gasteiger partial charge in [-0.1, -0.05) is 0 Å². The maximum absolute atomic E-state index is 12.1. The van der Waals surface area contributed by atoms with Crippen LogP contribution in [0.5, 0.6) is 0 Å². The monoisotopic (exact) mass is 398 g/mol. The zero-order valence-electron chi connectivity index (χ0n) is 11.8. The van der Waals surface area contributed by atoms with Crippen LogP contribution in [0.3, 0.4) is 0 Å². The minimum absolute atomic E-state index is 0.0140. The van der Waals surface area contributed by atoms with Crippen molar-refractivity contribution in [1.82, 2.24) is 10.2 Å². The van der Waals surface area contributed by atoms with Crippen molar-refractivity contribution >= 4 is 27.8 Å². The number of likely N-dealkylation sites (tertiary alicyclic amines) is 1. The largest absolute Gasteiger partial charge is 0.490 e. The van der Waals surface area contributed by atoms with E-state index in [-0.39, 0.29) is 5.91 Å². The molecule has 0 spiro atoms. The molecule has 0 aromatic carbocycles. The predicted octanol–water partition coefficient (Wildman–Crippen LogP) is 1.97. The third kappa shape index (κ3) is 4.47. The minimum atomic E-state index is -5.08. The molecule has 0 saturated carbocycles. The number of rotatable bonds is 1. The van der Waals surface area contributed by atoms with E-state index in [1.54, 1.807) is 12.1 Å². The number of furan rings is 1. The molecule has 23 heavy (non-hydrogen) atoms. The van der Waals surface area contributed by atoms with Gasteiger partial charge in [0.15, 0.2) is 10.4 Å². The Labute approximate surface area is 137 Å². The highest BCUT2D eigenvalue weighted by Crippen LogP contribution is 2.28. The van der Waals surface area contributed by atoms with Crippen LogP contribution in [0.25, 0.3) is 0 Å². The van der Waals surface area contributed by atoms with Gasteiger partial charge in [0.1, 0.15) is 0 Å². The van der Waals surface area contributed by atoms with Crippen molar-refractivity contribution in [2.75, 3.05) is 26.2 Å². The van der Waals surface area contributed by atoms with E-state index < -0.39 is 12.1 Å². The summed E-state index contributed by atoms with van der Waals surface area (Å²) in [6.07, 6.45) is -5.08. The van der Waals surface area contributed by atoms with E-state index in [9.17, 15) is 18.0 Å². The molecule has 10 heteroatoms. The Balaban J connectivity index is 0.000000236. The molecule has 1 amide bonds. The van der Waals surface area contributed by atoms with Crippen LogP contribution in [0.1, 0.15) is 10.6 Å². The lowest BCUT2D eigenvalue weighted by molar-refractivity contribution is -0.192. The molecule has 128 valence electrons. The summed E-state index contributed by atoms with van der Waals surface area (Å²) in [6.45, 7) is 3.79. The number of aliphatic carboxylic acids is 1. The third-order valence-corrected chi connectivity index (χ3v) is 4.13. The fraction of sp³-hybridized carbons (Fsp3) is 0.538. The van der Waals surface area contributed by atoms with Gasteiger partial charge >= 0.3 is 12.1 Å². The SMILES string of the molecule is O=C(O)C(F)(F)F.O=C(c1ccc(Br)o1)N1CC2CNCC2C1. The molecule has 0 aliphatic carbocycles. The lowest BCUT2D eigenvalue weighted by Gasteiger charge is -2.15. The van der Waals surface area contributed by atoms with Gasteiger partial charge in [0.05, 0.1) is 0 Å². The highest BCUT2D eigenvalue weighted by Gasteiger charge is 2.39. The van der Waals surface area contributed by atoms with E-state index in [0.29, 0.717) is 22.3 Å². The Morgan fingerprint density at radius 2 is 1.78 bits per heavy atom. The highest BCUT2D eigenvalue weighted by atomic mass is 79.9. The van der Waals surface area contributed by atoms with Crippen molar-refractivity contribution in [1.29, 1.82) is 0 Å². The van der Waals surface area contributed by atoms with Gasteiger partial charge in [-0.15, -0.1) is 0 Å². The number of carboxylic acids is 1. The van der Waals surface area contributed by atoms with Crippen LogP contribution in [-0.4, -0.2) is 54.2 Å². The Hall–Kier alpha value is -1.55. The van der Waals surface area contributed by atoms with Crippen LogP contribution in [-0.2, 0) is 4.79 Å². The zero-order chi connectivity index (χ0) is 17.2. The first-order valence-corrected chi connectivity index (χ1v) is 7.53. The molecule has 1 aromatic rings. The van der Waals surface area contributed by atoms with Crippen LogP contribution < -0.4 is 5.32 Å². The number of carbonyl (C=O) groups excluding carboxylic acids is 1. The van der Waals surface area contributed by atoms with Crippen LogP contribution >= 0.6 is 15.9 Å². The van der Waals surface area contributed by atoms with Crippen LogP contribution in [0.15, 0.2) is 21.2 Å². The molecule has 2 saturated heterocycles. The molecule has 6 nitrogen and oxygen atoms in total. The van der Waals surface area contributed by atoms with Crippen molar-refractivity contribution in [2.45, 2.75) is 6.18 Å². The topological polar surface area (TPSA) is 82.8 Å². The first-order valence-electron chi connectivity index (χ1n) is 6.74. The summed E-state index contributed by atoms with van der Waals surface area (Å²) in [7, 11) is 0. The summed E-state index contributed by atoms with van der Waals surface area (Å²) in [6, 6.07) is 3.48. The van der Waals surface area contributed by atoms with E-state index in [2.05, 4.69) is 21.2 Å². The second-order valence-corrected chi connectivity index (χ2v) is 6.08. The van der Waals surface area contributed by atoms with Gasteiger partial charge in [-0.3, -0.25) is 4.79 Å². The number of hydrogen-bond acceptors (Lipinski definition) is 4. The summed E-state index contributed by atoms with van der Waals surface area (Å²) in [5.74, 6) is -1.06. The number of alkyl halides is 3. The molecule has 3 rings (SSSR count). The standard InChI is InChI=1S/C11H13BrN2O2.C2HF3O2/c12-10-2-1-9(16-10)11(15)14-5-7-3-13-4-8(7)6-14;3-2(4,5)1(6)7/h1-2,7-8,13H,3-6H2;(H,6,7). The fourth-order valence-corrected chi connectivity index (χ4v) is 2.91. The lowest BCUT2D eigenvalue weighted by atomic mass is 10.0. The summed E-state index contributed by atoms with van der Waals surface area (Å²) >= 11 is 3.21. The average molecular weight is 399 g/mol. The number of hydrogen-bond donors (Lipinski definition) is 2. The Morgan fingerprint density at radius 3 is 2.17 bits per heavy atom. The molecule has 3 heterocycles. The van der Waals surface area contributed by atoms with E-state index in [1.807, 2.05) is 4.90 Å². The number of carbonyl (C=O) groups is 2. The molecule has 2 N–H and O–H groups in total. The molecule has 2 aliphatic heterocycles. The lowest BCUT2D eigenvalue weighted by Crippen LogP contribution is -2.31. The van der Waals surface area contributed by atoms with Crippen LogP contribution in [0.4, 0.5) is 13.2 Å². The maximum Gasteiger partial charge on any atom is 0.490 e. The first-order chi connectivity index (χ1) is 10.7. The highest BCUT2D eigenvalue weighted by molar-refractivity contribution is 9.10. The van der Waals surface area contributed by atoms with Gasteiger partial charge in [-0.25, -0.2) is 4.79 Å². The second-order valence-electron chi connectivity index (χ2n) is 5.30. The van der Waals surface area contributed by atoms with Crippen LogP contribution in [0, 0.1) is 11.8 Å². The van der Waals surface area contributed by atoms with E-state index in [1.165, 1.54) is 0 Å². The van der Waals surface area contributed by atoms with Crippen molar-refractivity contribution in [3.05, 3.63) is 22.6 Å². The smallest absolute Gasteiger partial charge is 0.475 e. The molecule has 2 aliphatic rings. The van der Waals surface area contributed by atoms with Gasteiger partial charge in [-0.2, -0.15) is 13.2 Å². The molecule has 2 fully saturated rings. The van der Waals surface area contributed by atoms with Gasteiger partial charge in [0.2, 0.25) is 0 Å². The van der Waals surface area contributed by atoms with Gasteiger partial charge in [0.25, 0.3) is 5.91 Å². The number of nitrogens with one attached hydrogen (secondary N) is 1. The predicted molar refractivity (Wildman–Crippen MR) is 75.9 cm³/mol. The van der Waals surface area contributed by atoms with E-state index in [4.69, 9.17) is 14.3 Å². The molecule has 2 unspecified atom stereocenters. The molecular formula is C13H14BrF3N2O4. The quantitative estimate of drug-likeness (QED) is 0.755. The Bertz CT molecular complexity index is 578. The zero-order valence-corrected chi connectivity index (χ0v) is 13.4. The van der Waals surface area contributed by atoms with Crippen LogP contribution in [0.2, 0.25) is 0 Å². The Kier molecular flexibility index (Phi) is 5.35. The number of fused-ring (bicyclic) bond motifs is 1. The number of carboxylic acid groups (broad SMARTS) is 1. The number of halogens is 4. The van der Waals surface area contributed by atoms with Gasteiger partial charge in [0, 0.05) is 26.2 Å². The molecular weight excluding hydrogens is 385 g/mol. The second kappa shape index (κ2) is 6.91. The summed E-state index contributed by atoms with van der Waals surface area (Å²) in [5, 5.41) is 10.5.